The summed E-state index contributed by atoms with van der Waals surface area (Å²) in [6.45, 7) is 5.86. The molecule has 0 aromatic carbocycles. The van der Waals surface area contributed by atoms with Crippen LogP contribution in [0.1, 0.15) is 39.7 Å². The molecule has 10 heteroatoms. The molecule has 5 aromatic rings. The van der Waals surface area contributed by atoms with E-state index in [2.05, 4.69) is 15.0 Å². The van der Waals surface area contributed by atoms with Crippen molar-refractivity contribution in [3.05, 3.63) is 74.5 Å². The molecular formula is C23H20N4O3S3. The van der Waals surface area contributed by atoms with Gasteiger partial charge in [0.15, 0.2) is 10.9 Å². The number of nitrogens with one attached hydrogen (secondary N) is 1. The van der Waals surface area contributed by atoms with Crippen LogP contribution in [0.2, 0.25) is 0 Å². The highest BCUT2D eigenvalue weighted by molar-refractivity contribution is 8.00. The average Bonchev–Trinajstić information content (AvgIpc) is 3.58. The second kappa shape index (κ2) is 8.77. The fourth-order valence-corrected chi connectivity index (χ4v) is 6.31. The molecule has 0 fully saturated rings. The van der Waals surface area contributed by atoms with Crippen LogP contribution >= 0.6 is 34.4 Å². The van der Waals surface area contributed by atoms with Gasteiger partial charge in [-0.25, -0.2) is 9.97 Å². The zero-order valence-corrected chi connectivity index (χ0v) is 20.6. The summed E-state index contributed by atoms with van der Waals surface area (Å²) >= 11 is 4.40. The van der Waals surface area contributed by atoms with E-state index in [1.165, 1.54) is 34.4 Å². The maximum absolute atomic E-state index is 13.0. The number of ketones is 1. The predicted molar refractivity (Wildman–Crippen MR) is 134 cm³/mol. The van der Waals surface area contributed by atoms with Crippen molar-refractivity contribution in [3.63, 3.8) is 0 Å². The van der Waals surface area contributed by atoms with E-state index in [4.69, 9.17) is 4.42 Å². The molecule has 7 nitrogen and oxygen atoms in total. The highest BCUT2D eigenvalue weighted by Gasteiger charge is 2.21. The lowest BCUT2D eigenvalue weighted by Gasteiger charge is -2.10. The van der Waals surface area contributed by atoms with E-state index in [1.807, 2.05) is 48.2 Å². The summed E-state index contributed by atoms with van der Waals surface area (Å²) in [5.74, 6) is 1.53. The van der Waals surface area contributed by atoms with Crippen LogP contribution in [-0.2, 0) is 0 Å². The Labute approximate surface area is 201 Å². The number of carbonyl (C=O) groups excluding carboxylic acids is 1. The van der Waals surface area contributed by atoms with Gasteiger partial charge in [-0.1, -0.05) is 0 Å². The summed E-state index contributed by atoms with van der Waals surface area (Å²) in [5.41, 5.74) is 3.10. The third kappa shape index (κ3) is 3.98. The molecule has 5 rings (SSSR count). The van der Waals surface area contributed by atoms with E-state index in [9.17, 15) is 9.59 Å². The van der Waals surface area contributed by atoms with Crippen LogP contribution in [-0.4, -0.2) is 31.1 Å². The van der Waals surface area contributed by atoms with Crippen molar-refractivity contribution >= 4 is 50.4 Å². The van der Waals surface area contributed by atoms with Crippen LogP contribution in [0.25, 0.3) is 26.7 Å². The van der Waals surface area contributed by atoms with Gasteiger partial charge in [0.1, 0.15) is 16.4 Å². The number of aryl methyl sites for hydroxylation is 1. The molecule has 0 aliphatic carbocycles. The zero-order chi connectivity index (χ0) is 23.1. The van der Waals surface area contributed by atoms with Gasteiger partial charge in [0.05, 0.1) is 22.7 Å². The lowest BCUT2D eigenvalue weighted by Crippen LogP contribution is -2.13. The molecule has 5 aromatic heterocycles. The molecule has 5 heterocycles. The Kier molecular flexibility index (Phi) is 5.81. The van der Waals surface area contributed by atoms with Crippen LogP contribution in [0.15, 0.2) is 50.6 Å². The Balaban J connectivity index is 1.34. The Hall–Kier alpha value is -2.95. The van der Waals surface area contributed by atoms with Crippen molar-refractivity contribution in [2.45, 2.75) is 26.0 Å². The molecule has 1 unspecified atom stereocenters. The molecule has 0 radical (unpaired) electrons. The van der Waals surface area contributed by atoms with E-state index in [-0.39, 0.29) is 22.3 Å². The van der Waals surface area contributed by atoms with Gasteiger partial charge in [-0.15, -0.1) is 34.4 Å². The average molecular weight is 497 g/mol. The number of thioether (sulfide) groups is 1. The van der Waals surface area contributed by atoms with Crippen LogP contribution in [0.5, 0.6) is 0 Å². The van der Waals surface area contributed by atoms with Crippen LogP contribution in [0.3, 0.4) is 0 Å². The van der Waals surface area contributed by atoms with Gasteiger partial charge < -0.3 is 9.40 Å². The molecule has 1 atom stereocenters. The van der Waals surface area contributed by atoms with Crippen molar-refractivity contribution in [1.29, 1.82) is 0 Å². The van der Waals surface area contributed by atoms with Crippen molar-refractivity contribution in [1.82, 2.24) is 19.5 Å². The van der Waals surface area contributed by atoms with E-state index >= 15 is 0 Å². The van der Waals surface area contributed by atoms with Gasteiger partial charge >= 0.3 is 0 Å². The first-order chi connectivity index (χ1) is 15.9. The Morgan fingerprint density at radius 1 is 1.33 bits per heavy atom. The van der Waals surface area contributed by atoms with E-state index in [0.29, 0.717) is 27.4 Å². The molecule has 0 spiro atoms. The summed E-state index contributed by atoms with van der Waals surface area (Å²) < 4.78 is 7.45. The van der Waals surface area contributed by atoms with Gasteiger partial charge in [0.25, 0.3) is 5.56 Å². The molecule has 0 saturated carbocycles. The second-order valence-electron chi connectivity index (χ2n) is 7.57. The van der Waals surface area contributed by atoms with E-state index < -0.39 is 0 Å². The van der Waals surface area contributed by atoms with Crippen LogP contribution < -0.4 is 5.56 Å². The fourth-order valence-electron chi connectivity index (χ4n) is 3.79. The number of furan rings is 1. The Morgan fingerprint density at radius 2 is 2.18 bits per heavy atom. The number of fused-ring (bicyclic) bond motifs is 1. The van der Waals surface area contributed by atoms with Gasteiger partial charge in [-0.05, 0) is 39.0 Å². The van der Waals surface area contributed by atoms with Gasteiger partial charge in [-0.3, -0.25) is 14.2 Å². The summed E-state index contributed by atoms with van der Waals surface area (Å²) in [5, 5.41) is 5.03. The van der Waals surface area contributed by atoms with Crippen LogP contribution in [0, 0.1) is 13.8 Å². The van der Waals surface area contributed by atoms with Crippen LogP contribution in [0.4, 0.5) is 0 Å². The number of hydrogen-bond acceptors (Lipinski definition) is 8. The molecule has 0 bridgehead atoms. The Bertz CT molecular complexity index is 1490. The molecule has 0 aliphatic heterocycles. The standard InChI is InChI=1S/C23H20N4O3S3/c1-12-9-15(13(2)27(12)23-24-6-8-31-23)17(28)11-32-14(3)20-25-21(29)19-16(10-33-22(19)26-20)18-5-4-7-30-18/h4-10,14H,11H2,1-3H3,(H,25,26,29). The number of rotatable bonds is 7. The monoisotopic (exact) mass is 496 g/mol. The predicted octanol–water partition coefficient (Wildman–Crippen LogP) is 5.79. The largest absolute Gasteiger partial charge is 0.464 e. The molecule has 33 heavy (non-hydrogen) atoms. The number of aromatic amines is 1. The lowest BCUT2D eigenvalue weighted by molar-refractivity contribution is 0.102. The molecule has 168 valence electrons. The minimum absolute atomic E-state index is 0.0439. The summed E-state index contributed by atoms with van der Waals surface area (Å²) in [6.07, 6.45) is 3.34. The number of thiazole rings is 1. The van der Waals surface area contributed by atoms with Crippen molar-refractivity contribution < 1.29 is 9.21 Å². The zero-order valence-electron chi connectivity index (χ0n) is 18.1. The minimum atomic E-state index is -0.201. The van der Waals surface area contributed by atoms with Crippen molar-refractivity contribution in [3.8, 4) is 16.5 Å². The summed E-state index contributed by atoms with van der Waals surface area (Å²) in [4.78, 5) is 38.4. The first kappa shape index (κ1) is 21.9. The molecule has 0 aliphatic rings. The minimum Gasteiger partial charge on any atom is -0.464 e. The quantitative estimate of drug-likeness (QED) is 0.287. The van der Waals surface area contributed by atoms with Crippen molar-refractivity contribution in [2.75, 3.05) is 5.75 Å². The normalized spacial score (nSPS) is 12.5. The van der Waals surface area contributed by atoms with Gasteiger partial charge in [0.2, 0.25) is 0 Å². The maximum atomic E-state index is 13.0. The number of H-pyrrole nitrogens is 1. The third-order valence-corrected chi connectivity index (χ3v) is 8.22. The highest BCUT2D eigenvalue weighted by atomic mass is 32.2. The van der Waals surface area contributed by atoms with E-state index in [1.54, 1.807) is 18.5 Å². The number of Topliss-reactive ketones (excluding diaryl/α,β-unsaturated/α-hetero) is 1. The summed E-state index contributed by atoms with van der Waals surface area (Å²) in [7, 11) is 0. The molecule has 1 N–H and O–H groups in total. The number of aromatic nitrogens is 4. The molecular weight excluding hydrogens is 476 g/mol. The number of hydrogen-bond donors (Lipinski definition) is 1. The second-order valence-corrected chi connectivity index (χ2v) is 10.6. The van der Waals surface area contributed by atoms with Crippen molar-refractivity contribution in [2.24, 2.45) is 0 Å². The molecule has 0 saturated heterocycles. The third-order valence-electron chi connectivity index (χ3n) is 5.44. The first-order valence-electron chi connectivity index (χ1n) is 10.2. The smallest absolute Gasteiger partial charge is 0.260 e. The number of carbonyl (C=O) groups is 1. The topological polar surface area (TPSA) is 93.8 Å². The first-order valence-corrected chi connectivity index (χ1v) is 13.0. The van der Waals surface area contributed by atoms with Gasteiger partial charge in [-0.2, -0.15) is 0 Å². The lowest BCUT2D eigenvalue weighted by atomic mass is 10.2. The molecule has 0 amide bonds. The maximum Gasteiger partial charge on any atom is 0.260 e. The highest BCUT2D eigenvalue weighted by Crippen LogP contribution is 2.33. The number of nitrogens with zero attached hydrogens (tertiary/aromatic N) is 3. The van der Waals surface area contributed by atoms with E-state index in [0.717, 1.165) is 22.1 Å². The van der Waals surface area contributed by atoms with Gasteiger partial charge in [0, 0.05) is 39.5 Å². The number of thiophene rings is 1. The summed E-state index contributed by atoms with van der Waals surface area (Å²) in [6, 6.07) is 5.53. The Morgan fingerprint density at radius 3 is 2.91 bits per heavy atom. The SMILES string of the molecule is Cc1cc(C(=O)CSC(C)c2nc3scc(-c4ccco4)c3c(=O)[nH]2)c(C)n1-c1nccs1. The fraction of sp³-hybridized carbons (Fsp3) is 0.217.